The number of hydrogen-bond acceptors (Lipinski definition) is 4. The number of carbonyl (C=O) groups is 2. The number of benzene rings is 2. The second-order valence-electron chi connectivity index (χ2n) is 3.72. The highest BCUT2D eigenvalue weighted by atomic mass is 16.4. The lowest BCUT2D eigenvalue weighted by Gasteiger charge is -2.11. The van der Waals surface area contributed by atoms with Gasteiger partial charge in [-0.2, -0.15) is 0 Å². The molecule has 2 rings (SSSR count). The molecule has 92 valence electrons. The van der Waals surface area contributed by atoms with Gasteiger partial charge in [0.1, 0.15) is 0 Å². The Hall–Kier alpha value is -2.60. The van der Waals surface area contributed by atoms with Gasteiger partial charge in [0.15, 0.2) is 0 Å². The van der Waals surface area contributed by atoms with E-state index in [4.69, 9.17) is 16.7 Å². The van der Waals surface area contributed by atoms with Crippen LogP contribution in [0.5, 0.6) is 0 Å². The second-order valence-corrected chi connectivity index (χ2v) is 3.72. The van der Waals surface area contributed by atoms with Crippen LogP contribution in [0.25, 0.3) is 10.8 Å². The molecule has 18 heavy (non-hydrogen) atoms. The number of hydrogen-bond donors (Lipinski definition) is 4. The third-order valence-corrected chi connectivity index (χ3v) is 2.65. The molecule has 0 atom stereocenters. The maximum Gasteiger partial charge on any atom is 0.338 e. The first-order valence-corrected chi connectivity index (χ1v) is 5.11. The highest BCUT2D eigenvalue weighted by molar-refractivity contribution is 6.16. The van der Waals surface area contributed by atoms with Gasteiger partial charge in [0.05, 0.1) is 11.1 Å². The molecule has 0 aliphatic carbocycles. The monoisotopic (exact) mass is 245 g/mol. The van der Waals surface area contributed by atoms with E-state index in [-0.39, 0.29) is 16.8 Å². The Bertz CT molecular complexity index is 652. The fourth-order valence-corrected chi connectivity index (χ4v) is 1.91. The zero-order chi connectivity index (χ0) is 13.3. The van der Waals surface area contributed by atoms with E-state index in [9.17, 15) is 9.59 Å². The van der Waals surface area contributed by atoms with E-state index < -0.39 is 11.9 Å². The highest BCUT2D eigenvalue weighted by Gasteiger charge is 2.22. The predicted molar refractivity (Wildman–Crippen MR) is 67.0 cm³/mol. The summed E-state index contributed by atoms with van der Waals surface area (Å²) in [4.78, 5) is 23.0. The SMILES string of the molecule is NNC(=O)c1c(C(=O)O)c(N)cc2ccccc12. The van der Waals surface area contributed by atoms with E-state index in [1.165, 1.54) is 6.07 Å². The topological polar surface area (TPSA) is 118 Å². The van der Waals surface area contributed by atoms with Crippen LogP contribution in [0, 0.1) is 0 Å². The Balaban J connectivity index is 2.94. The lowest BCUT2D eigenvalue weighted by atomic mass is 9.96. The molecule has 0 fully saturated rings. The largest absolute Gasteiger partial charge is 0.478 e. The van der Waals surface area contributed by atoms with Crippen LogP contribution in [0.3, 0.4) is 0 Å². The van der Waals surface area contributed by atoms with Crippen LogP contribution < -0.4 is 17.0 Å². The maximum atomic E-state index is 11.7. The predicted octanol–water partition coefficient (Wildman–Crippen LogP) is 0.724. The molecule has 0 aliphatic rings. The minimum absolute atomic E-state index is 0.0272. The zero-order valence-electron chi connectivity index (χ0n) is 9.31. The van der Waals surface area contributed by atoms with Gasteiger partial charge >= 0.3 is 5.97 Å². The molecule has 2 aromatic rings. The molecule has 0 bridgehead atoms. The average Bonchev–Trinajstić information content (AvgIpc) is 2.35. The highest BCUT2D eigenvalue weighted by Crippen LogP contribution is 2.27. The van der Waals surface area contributed by atoms with Crippen LogP contribution in [0.2, 0.25) is 0 Å². The second kappa shape index (κ2) is 4.34. The Kier molecular flexibility index (Phi) is 2.86. The van der Waals surface area contributed by atoms with Crippen molar-refractivity contribution in [3.8, 4) is 0 Å². The Labute approximate surface area is 102 Å². The molecule has 0 spiro atoms. The molecule has 0 aliphatic heterocycles. The minimum atomic E-state index is -1.27. The first-order chi connectivity index (χ1) is 8.56. The standard InChI is InChI=1S/C12H11N3O3/c13-8-5-6-3-1-2-4-7(6)9(11(16)15-14)10(8)12(17)18/h1-5H,13-14H2,(H,15,16)(H,17,18). The molecule has 2 aromatic carbocycles. The van der Waals surface area contributed by atoms with E-state index >= 15 is 0 Å². The molecule has 0 saturated heterocycles. The van der Waals surface area contributed by atoms with Crippen molar-refractivity contribution in [3.63, 3.8) is 0 Å². The quantitative estimate of drug-likeness (QED) is 0.269. The number of fused-ring (bicyclic) bond motifs is 1. The van der Waals surface area contributed by atoms with E-state index in [0.29, 0.717) is 10.8 Å². The summed E-state index contributed by atoms with van der Waals surface area (Å²) in [5.74, 6) is 3.13. The number of amides is 1. The Morgan fingerprint density at radius 3 is 2.44 bits per heavy atom. The Morgan fingerprint density at radius 2 is 1.83 bits per heavy atom. The third-order valence-electron chi connectivity index (χ3n) is 2.65. The van der Waals surface area contributed by atoms with Gasteiger partial charge in [-0.1, -0.05) is 24.3 Å². The third kappa shape index (κ3) is 1.74. The number of carboxylic acid groups (broad SMARTS) is 1. The van der Waals surface area contributed by atoms with Crippen molar-refractivity contribution >= 4 is 28.3 Å². The lowest BCUT2D eigenvalue weighted by Crippen LogP contribution is -2.32. The van der Waals surface area contributed by atoms with Crippen molar-refractivity contribution in [2.45, 2.75) is 0 Å². The number of anilines is 1. The first kappa shape index (κ1) is 11.9. The number of aromatic carboxylic acids is 1. The zero-order valence-corrected chi connectivity index (χ0v) is 9.31. The molecule has 0 radical (unpaired) electrons. The van der Waals surface area contributed by atoms with Crippen LogP contribution in [-0.4, -0.2) is 17.0 Å². The van der Waals surface area contributed by atoms with E-state index in [1.807, 2.05) is 5.43 Å². The van der Waals surface area contributed by atoms with Crippen molar-refractivity contribution in [1.29, 1.82) is 0 Å². The molecule has 0 aromatic heterocycles. The Morgan fingerprint density at radius 1 is 1.17 bits per heavy atom. The summed E-state index contributed by atoms with van der Waals surface area (Å²) < 4.78 is 0. The van der Waals surface area contributed by atoms with E-state index in [2.05, 4.69) is 0 Å². The van der Waals surface area contributed by atoms with Crippen LogP contribution in [0.15, 0.2) is 30.3 Å². The van der Waals surface area contributed by atoms with Crippen LogP contribution >= 0.6 is 0 Å². The van der Waals surface area contributed by atoms with Crippen molar-refractivity contribution in [3.05, 3.63) is 41.5 Å². The van der Waals surface area contributed by atoms with Gasteiger partial charge < -0.3 is 10.8 Å². The first-order valence-electron chi connectivity index (χ1n) is 5.11. The number of carbonyl (C=O) groups excluding carboxylic acids is 1. The lowest BCUT2D eigenvalue weighted by molar-refractivity contribution is 0.0692. The molecular formula is C12H11N3O3. The van der Waals surface area contributed by atoms with Gasteiger partial charge in [-0.15, -0.1) is 0 Å². The van der Waals surface area contributed by atoms with E-state index in [0.717, 1.165) is 0 Å². The number of rotatable bonds is 2. The molecule has 6 nitrogen and oxygen atoms in total. The van der Waals surface area contributed by atoms with Gasteiger partial charge in [0.25, 0.3) is 5.91 Å². The smallest absolute Gasteiger partial charge is 0.338 e. The summed E-state index contributed by atoms with van der Waals surface area (Å²) in [6.07, 6.45) is 0. The fourth-order valence-electron chi connectivity index (χ4n) is 1.91. The van der Waals surface area contributed by atoms with Crippen molar-refractivity contribution in [2.24, 2.45) is 5.84 Å². The fraction of sp³-hybridized carbons (Fsp3) is 0. The number of hydrazine groups is 1. The van der Waals surface area contributed by atoms with Gasteiger partial charge in [-0.3, -0.25) is 10.2 Å². The van der Waals surface area contributed by atoms with Gasteiger partial charge in [0, 0.05) is 5.69 Å². The summed E-state index contributed by atoms with van der Waals surface area (Å²) in [6.45, 7) is 0. The molecule has 1 amide bonds. The average molecular weight is 245 g/mol. The van der Waals surface area contributed by atoms with Gasteiger partial charge in [-0.25, -0.2) is 10.6 Å². The molecule has 6 N–H and O–H groups in total. The van der Waals surface area contributed by atoms with Gasteiger partial charge in [0.2, 0.25) is 0 Å². The number of carboxylic acids is 1. The molecule has 0 saturated carbocycles. The van der Waals surface area contributed by atoms with Gasteiger partial charge in [-0.05, 0) is 16.8 Å². The van der Waals surface area contributed by atoms with E-state index in [1.54, 1.807) is 24.3 Å². The molecule has 0 heterocycles. The summed E-state index contributed by atoms with van der Waals surface area (Å²) in [6, 6.07) is 8.38. The van der Waals surface area contributed by atoms with Crippen LogP contribution in [-0.2, 0) is 0 Å². The summed E-state index contributed by atoms with van der Waals surface area (Å²) in [5, 5.41) is 10.3. The maximum absolute atomic E-state index is 11.7. The summed E-state index contributed by atoms with van der Waals surface area (Å²) in [5.41, 5.74) is 7.38. The van der Waals surface area contributed by atoms with Crippen molar-refractivity contribution < 1.29 is 14.7 Å². The normalized spacial score (nSPS) is 10.3. The number of nitrogens with two attached hydrogens (primary N) is 2. The number of nitrogens with one attached hydrogen (secondary N) is 1. The van der Waals surface area contributed by atoms with Crippen LogP contribution in [0.4, 0.5) is 5.69 Å². The number of nitrogen functional groups attached to an aromatic ring is 2. The minimum Gasteiger partial charge on any atom is -0.478 e. The molecule has 6 heteroatoms. The molecule has 0 unspecified atom stereocenters. The summed E-state index contributed by atoms with van der Waals surface area (Å²) in [7, 11) is 0. The summed E-state index contributed by atoms with van der Waals surface area (Å²) >= 11 is 0. The van der Waals surface area contributed by atoms with Crippen LogP contribution in [0.1, 0.15) is 20.7 Å². The van der Waals surface area contributed by atoms with Crippen molar-refractivity contribution in [1.82, 2.24) is 5.43 Å². The van der Waals surface area contributed by atoms with Crippen molar-refractivity contribution in [2.75, 3.05) is 5.73 Å². The molecular weight excluding hydrogens is 234 g/mol.